The van der Waals surface area contributed by atoms with Gasteiger partial charge in [-0.15, -0.1) is 0 Å². The van der Waals surface area contributed by atoms with Gasteiger partial charge >= 0.3 is 0 Å². The van der Waals surface area contributed by atoms with Crippen LogP contribution in [0.25, 0.3) is 0 Å². The minimum atomic E-state index is 0.409. The second-order valence-electron chi connectivity index (χ2n) is 6.15. The molecule has 2 nitrogen and oxygen atoms in total. The van der Waals surface area contributed by atoms with Crippen molar-refractivity contribution in [3.63, 3.8) is 0 Å². The number of hydrogen-bond acceptors (Lipinski definition) is 2. The number of carbonyl (C=O) groups is 1. The molecule has 1 rings (SSSR count). The van der Waals surface area contributed by atoms with Crippen LogP contribution in [0.1, 0.15) is 53.4 Å². The molecule has 0 N–H and O–H groups in total. The lowest BCUT2D eigenvalue weighted by Crippen LogP contribution is -2.27. The Morgan fingerprint density at radius 2 is 2.06 bits per heavy atom. The highest BCUT2D eigenvalue weighted by molar-refractivity contribution is 5.77. The topological polar surface area (TPSA) is 20.3 Å². The van der Waals surface area contributed by atoms with E-state index in [2.05, 4.69) is 25.7 Å². The lowest BCUT2D eigenvalue weighted by Gasteiger charge is -2.27. The zero-order valence-electron chi connectivity index (χ0n) is 11.4. The molecule has 2 heteroatoms. The number of nitrogens with zero attached hydrogens (tertiary/aromatic N) is 1. The molecule has 1 heterocycles. The van der Waals surface area contributed by atoms with Crippen LogP contribution in [0.4, 0.5) is 0 Å². The summed E-state index contributed by atoms with van der Waals surface area (Å²) in [6, 6.07) is 0. The van der Waals surface area contributed by atoms with Gasteiger partial charge in [0.05, 0.1) is 0 Å². The first-order chi connectivity index (χ1) is 7.43. The van der Waals surface area contributed by atoms with E-state index < -0.39 is 0 Å². The number of Topliss-reactive ketones (excluding diaryl/α,β-unsaturated/α-hetero) is 1. The van der Waals surface area contributed by atoms with Crippen LogP contribution in [0, 0.1) is 11.3 Å². The van der Waals surface area contributed by atoms with Crippen LogP contribution in [0.2, 0.25) is 0 Å². The molecule has 0 saturated carbocycles. The minimum Gasteiger partial charge on any atom is -0.303 e. The number of ketones is 1. The van der Waals surface area contributed by atoms with Crippen molar-refractivity contribution in [3.05, 3.63) is 0 Å². The van der Waals surface area contributed by atoms with E-state index in [1.165, 1.54) is 19.5 Å². The highest BCUT2D eigenvalue weighted by Crippen LogP contribution is 2.33. The Bertz CT molecular complexity index is 229. The van der Waals surface area contributed by atoms with Crippen molar-refractivity contribution in [2.24, 2.45) is 11.3 Å². The summed E-state index contributed by atoms with van der Waals surface area (Å²) < 4.78 is 0. The quantitative estimate of drug-likeness (QED) is 0.716. The second kappa shape index (κ2) is 5.81. The van der Waals surface area contributed by atoms with Crippen molar-refractivity contribution in [3.8, 4) is 0 Å². The average Bonchev–Trinajstić information content (AvgIpc) is 2.65. The van der Waals surface area contributed by atoms with Crippen molar-refractivity contribution in [1.29, 1.82) is 0 Å². The molecular formula is C14H27NO. The SMILES string of the molecule is CCC(=O)CCCN1CCC(C(C)(C)C)C1. The summed E-state index contributed by atoms with van der Waals surface area (Å²) in [5.41, 5.74) is 0.438. The fraction of sp³-hybridized carbons (Fsp3) is 0.929. The number of likely N-dealkylation sites (tertiary alicyclic amines) is 1. The summed E-state index contributed by atoms with van der Waals surface area (Å²) in [6.45, 7) is 12.5. The molecule has 1 unspecified atom stereocenters. The Hall–Kier alpha value is -0.370. The zero-order valence-corrected chi connectivity index (χ0v) is 11.4. The third-order valence-corrected chi connectivity index (χ3v) is 3.82. The lowest BCUT2D eigenvalue weighted by atomic mass is 9.80. The van der Waals surface area contributed by atoms with E-state index >= 15 is 0 Å². The van der Waals surface area contributed by atoms with Gasteiger partial charge in [0, 0.05) is 19.4 Å². The van der Waals surface area contributed by atoms with E-state index in [-0.39, 0.29) is 0 Å². The minimum absolute atomic E-state index is 0.409. The van der Waals surface area contributed by atoms with Crippen molar-refractivity contribution < 1.29 is 4.79 Å². The molecule has 1 fully saturated rings. The van der Waals surface area contributed by atoms with Gasteiger partial charge in [0.1, 0.15) is 5.78 Å². The number of carbonyl (C=O) groups excluding carboxylic acids is 1. The molecule has 0 amide bonds. The Balaban J connectivity index is 2.19. The van der Waals surface area contributed by atoms with Gasteiger partial charge in [0.2, 0.25) is 0 Å². The Morgan fingerprint density at radius 3 is 2.56 bits per heavy atom. The van der Waals surface area contributed by atoms with Gasteiger partial charge in [0.25, 0.3) is 0 Å². The van der Waals surface area contributed by atoms with Crippen LogP contribution < -0.4 is 0 Å². The van der Waals surface area contributed by atoms with Crippen LogP contribution in [-0.4, -0.2) is 30.3 Å². The van der Waals surface area contributed by atoms with Crippen molar-refractivity contribution in [1.82, 2.24) is 4.90 Å². The normalized spacial score (nSPS) is 22.6. The van der Waals surface area contributed by atoms with Crippen LogP contribution >= 0.6 is 0 Å². The van der Waals surface area contributed by atoms with Gasteiger partial charge in [-0.05, 0) is 37.3 Å². The highest BCUT2D eigenvalue weighted by Gasteiger charge is 2.31. The maximum Gasteiger partial charge on any atom is 0.132 e. The smallest absolute Gasteiger partial charge is 0.132 e. The Labute approximate surface area is 100 Å². The molecule has 94 valence electrons. The summed E-state index contributed by atoms with van der Waals surface area (Å²) in [6.07, 6.45) is 3.84. The molecule has 1 aliphatic rings. The third-order valence-electron chi connectivity index (χ3n) is 3.82. The van der Waals surface area contributed by atoms with Crippen molar-refractivity contribution >= 4 is 5.78 Å². The first-order valence-corrected chi connectivity index (χ1v) is 6.67. The van der Waals surface area contributed by atoms with E-state index in [0.29, 0.717) is 17.6 Å². The Kier molecular flexibility index (Phi) is 4.97. The van der Waals surface area contributed by atoms with Crippen LogP contribution in [0.15, 0.2) is 0 Å². The summed E-state index contributed by atoms with van der Waals surface area (Å²) in [4.78, 5) is 13.7. The average molecular weight is 225 g/mol. The predicted octanol–water partition coefficient (Wildman–Crippen LogP) is 3.11. The van der Waals surface area contributed by atoms with E-state index in [1.807, 2.05) is 6.92 Å². The molecule has 1 aliphatic heterocycles. The Morgan fingerprint density at radius 1 is 1.38 bits per heavy atom. The maximum atomic E-state index is 11.2. The standard InChI is InChI=1S/C14H27NO/c1-5-13(16)7-6-9-15-10-8-12(11-15)14(2,3)4/h12H,5-11H2,1-4H3. The number of rotatable bonds is 5. The van der Waals surface area contributed by atoms with E-state index in [9.17, 15) is 4.79 Å². The second-order valence-corrected chi connectivity index (χ2v) is 6.15. The first kappa shape index (κ1) is 13.7. The van der Waals surface area contributed by atoms with Crippen molar-refractivity contribution in [2.45, 2.75) is 53.4 Å². The monoisotopic (exact) mass is 225 g/mol. The lowest BCUT2D eigenvalue weighted by molar-refractivity contribution is -0.118. The molecule has 0 aromatic carbocycles. The molecule has 1 saturated heterocycles. The van der Waals surface area contributed by atoms with Gasteiger partial charge in [-0.25, -0.2) is 0 Å². The summed E-state index contributed by atoms with van der Waals surface area (Å²) in [5.74, 6) is 1.24. The van der Waals surface area contributed by atoms with E-state index in [4.69, 9.17) is 0 Å². The highest BCUT2D eigenvalue weighted by atomic mass is 16.1. The van der Waals surface area contributed by atoms with Gasteiger partial charge < -0.3 is 4.90 Å². The summed E-state index contributed by atoms with van der Waals surface area (Å²) in [7, 11) is 0. The molecule has 0 aromatic heterocycles. The van der Waals surface area contributed by atoms with Crippen LogP contribution in [-0.2, 0) is 4.79 Å². The number of hydrogen-bond donors (Lipinski definition) is 0. The molecule has 0 bridgehead atoms. The summed E-state index contributed by atoms with van der Waals surface area (Å²) in [5, 5.41) is 0. The zero-order chi connectivity index (χ0) is 12.2. The first-order valence-electron chi connectivity index (χ1n) is 6.67. The molecule has 0 radical (unpaired) electrons. The van der Waals surface area contributed by atoms with Gasteiger partial charge in [-0.3, -0.25) is 4.79 Å². The fourth-order valence-electron chi connectivity index (χ4n) is 2.42. The van der Waals surface area contributed by atoms with E-state index in [0.717, 1.165) is 25.3 Å². The van der Waals surface area contributed by atoms with Gasteiger partial charge in [-0.2, -0.15) is 0 Å². The molecule has 0 spiro atoms. The largest absolute Gasteiger partial charge is 0.303 e. The van der Waals surface area contributed by atoms with Gasteiger partial charge in [-0.1, -0.05) is 27.7 Å². The molecule has 0 aliphatic carbocycles. The molecule has 1 atom stereocenters. The third kappa shape index (κ3) is 4.25. The van der Waals surface area contributed by atoms with E-state index in [1.54, 1.807) is 0 Å². The molecule has 0 aromatic rings. The fourth-order valence-corrected chi connectivity index (χ4v) is 2.42. The maximum absolute atomic E-state index is 11.2. The van der Waals surface area contributed by atoms with Gasteiger partial charge in [0.15, 0.2) is 0 Å². The van der Waals surface area contributed by atoms with Crippen molar-refractivity contribution in [2.75, 3.05) is 19.6 Å². The van der Waals surface area contributed by atoms with Crippen LogP contribution in [0.3, 0.4) is 0 Å². The molecular weight excluding hydrogens is 198 g/mol. The predicted molar refractivity (Wildman–Crippen MR) is 68.5 cm³/mol. The molecule has 16 heavy (non-hydrogen) atoms. The summed E-state index contributed by atoms with van der Waals surface area (Å²) >= 11 is 0. The van der Waals surface area contributed by atoms with Crippen LogP contribution in [0.5, 0.6) is 0 Å².